The fourth-order valence-corrected chi connectivity index (χ4v) is 2.06. The number of nitriles is 1. The first kappa shape index (κ1) is 17.8. The molecule has 0 saturated heterocycles. The van der Waals surface area contributed by atoms with Gasteiger partial charge in [0.1, 0.15) is 17.4 Å². The van der Waals surface area contributed by atoms with Gasteiger partial charge in [-0.2, -0.15) is 5.26 Å². The Hall–Kier alpha value is -3.59. The van der Waals surface area contributed by atoms with Gasteiger partial charge in [0.2, 0.25) is 0 Å². The molecule has 0 spiro atoms. The lowest BCUT2D eigenvalue weighted by atomic mass is 10.1. The van der Waals surface area contributed by atoms with Gasteiger partial charge in [-0.25, -0.2) is 0 Å². The molecule has 0 aliphatic carbocycles. The smallest absolute Gasteiger partial charge is 0.266 e. The quantitative estimate of drug-likeness (QED) is 0.649. The summed E-state index contributed by atoms with van der Waals surface area (Å²) in [6.07, 6.45) is 1.46. The minimum atomic E-state index is -0.511. The normalized spacial score (nSPS) is 10.5. The summed E-state index contributed by atoms with van der Waals surface area (Å²) < 4.78 is 5.05. The largest absolute Gasteiger partial charge is 0.497 e. The fraction of sp³-hybridized carbons (Fsp3) is 0.105. The molecule has 6 nitrogen and oxygen atoms in total. The first-order chi connectivity index (χ1) is 12.1. The molecule has 0 radical (unpaired) electrons. The maximum atomic E-state index is 12.2. The van der Waals surface area contributed by atoms with E-state index in [0.29, 0.717) is 22.6 Å². The van der Waals surface area contributed by atoms with Crippen LogP contribution in [0.5, 0.6) is 5.75 Å². The van der Waals surface area contributed by atoms with Crippen molar-refractivity contribution in [3.8, 4) is 11.8 Å². The fourth-order valence-electron chi connectivity index (χ4n) is 2.06. The van der Waals surface area contributed by atoms with Crippen LogP contribution in [-0.2, 0) is 4.79 Å². The summed E-state index contributed by atoms with van der Waals surface area (Å²) in [5, 5.41) is 14.4. The van der Waals surface area contributed by atoms with E-state index in [0.717, 1.165) is 0 Å². The third-order valence-corrected chi connectivity index (χ3v) is 3.42. The molecule has 2 aromatic carbocycles. The number of nitrogens with one attached hydrogen (secondary N) is 2. The summed E-state index contributed by atoms with van der Waals surface area (Å²) in [7, 11) is 3.10. The van der Waals surface area contributed by atoms with Crippen LogP contribution in [0.3, 0.4) is 0 Å². The zero-order chi connectivity index (χ0) is 18.2. The van der Waals surface area contributed by atoms with Gasteiger partial charge in [-0.05, 0) is 48.0 Å². The second kappa shape index (κ2) is 8.31. The number of hydrogen-bond acceptors (Lipinski definition) is 4. The Labute approximate surface area is 145 Å². The van der Waals surface area contributed by atoms with Crippen molar-refractivity contribution in [2.75, 3.05) is 19.5 Å². The van der Waals surface area contributed by atoms with E-state index in [-0.39, 0.29) is 11.5 Å². The van der Waals surface area contributed by atoms with Crippen LogP contribution in [0, 0.1) is 11.3 Å². The Bertz CT molecular complexity index is 832. The topological polar surface area (TPSA) is 91.2 Å². The molecule has 0 saturated carbocycles. The molecule has 25 heavy (non-hydrogen) atoms. The summed E-state index contributed by atoms with van der Waals surface area (Å²) in [5.41, 5.74) is 1.67. The van der Waals surface area contributed by atoms with Crippen LogP contribution >= 0.6 is 0 Å². The lowest BCUT2D eigenvalue weighted by Crippen LogP contribution is -2.17. The van der Waals surface area contributed by atoms with Gasteiger partial charge in [0, 0.05) is 18.3 Å². The van der Waals surface area contributed by atoms with Crippen LogP contribution in [0.25, 0.3) is 6.08 Å². The summed E-state index contributed by atoms with van der Waals surface area (Å²) in [4.78, 5) is 23.7. The third-order valence-electron chi connectivity index (χ3n) is 3.42. The minimum absolute atomic E-state index is 0.0384. The predicted octanol–water partition coefficient (Wildman–Crippen LogP) is 2.60. The van der Waals surface area contributed by atoms with E-state index < -0.39 is 5.91 Å². The second-order valence-corrected chi connectivity index (χ2v) is 5.05. The molecule has 0 unspecified atom stereocenters. The van der Waals surface area contributed by atoms with Gasteiger partial charge in [-0.3, -0.25) is 9.59 Å². The van der Waals surface area contributed by atoms with Crippen molar-refractivity contribution in [2.45, 2.75) is 0 Å². The Morgan fingerprint density at radius 2 is 1.72 bits per heavy atom. The van der Waals surface area contributed by atoms with E-state index in [1.807, 2.05) is 6.07 Å². The number of carbonyl (C=O) groups excluding carboxylic acids is 2. The molecule has 0 bridgehead atoms. The molecule has 0 aliphatic heterocycles. The molecular formula is C19H17N3O3. The molecule has 0 fully saturated rings. The van der Waals surface area contributed by atoms with Gasteiger partial charge in [0.15, 0.2) is 0 Å². The van der Waals surface area contributed by atoms with E-state index in [4.69, 9.17) is 4.74 Å². The van der Waals surface area contributed by atoms with Crippen molar-refractivity contribution in [2.24, 2.45) is 0 Å². The summed E-state index contributed by atoms with van der Waals surface area (Å²) in [5.74, 6) is -0.0402. The Morgan fingerprint density at radius 3 is 2.24 bits per heavy atom. The van der Waals surface area contributed by atoms with Crippen molar-refractivity contribution in [1.29, 1.82) is 5.26 Å². The monoisotopic (exact) mass is 335 g/mol. The van der Waals surface area contributed by atoms with Crippen LogP contribution in [-0.4, -0.2) is 26.0 Å². The van der Waals surface area contributed by atoms with Gasteiger partial charge in [0.05, 0.1) is 7.11 Å². The number of amides is 2. The van der Waals surface area contributed by atoms with Gasteiger partial charge >= 0.3 is 0 Å². The number of hydrogen-bond donors (Lipinski definition) is 2. The first-order valence-electron chi connectivity index (χ1n) is 7.46. The first-order valence-corrected chi connectivity index (χ1v) is 7.46. The van der Waals surface area contributed by atoms with Crippen molar-refractivity contribution in [3.63, 3.8) is 0 Å². The van der Waals surface area contributed by atoms with E-state index >= 15 is 0 Å². The zero-order valence-electron chi connectivity index (χ0n) is 13.9. The highest BCUT2D eigenvalue weighted by atomic mass is 16.5. The molecule has 6 heteroatoms. The number of benzene rings is 2. The van der Waals surface area contributed by atoms with Gasteiger partial charge < -0.3 is 15.4 Å². The molecule has 126 valence electrons. The lowest BCUT2D eigenvalue weighted by molar-refractivity contribution is -0.112. The molecule has 0 aliphatic rings. The van der Waals surface area contributed by atoms with Crippen molar-refractivity contribution in [3.05, 3.63) is 65.2 Å². The highest BCUT2D eigenvalue weighted by Gasteiger charge is 2.10. The standard InChI is InChI=1S/C19H17N3O3/c1-21-18(23)14-5-3-13(4-6-14)11-15(12-20)19(24)22-16-7-9-17(25-2)10-8-16/h3-11H,1-2H3,(H,21,23)(H,22,24)/b15-11+. The predicted molar refractivity (Wildman–Crippen MR) is 95.0 cm³/mol. The van der Waals surface area contributed by atoms with Crippen LogP contribution in [0.4, 0.5) is 5.69 Å². The Balaban J connectivity index is 2.14. The van der Waals surface area contributed by atoms with Crippen molar-refractivity contribution in [1.82, 2.24) is 5.32 Å². The molecule has 2 aromatic rings. The number of ether oxygens (including phenoxy) is 1. The van der Waals surface area contributed by atoms with Crippen LogP contribution in [0.2, 0.25) is 0 Å². The highest BCUT2D eigenvalue weighted by Crippen LogP contribution is 2.16. The molecular weight excluding hydrogens is 318 g/mol. The number of methoxy groups -OCH3 is 1. The zero-order valence-corrected chi connectivity index (χ0v) is 13.9. The SMILES string of the molecule is CNC(=O)c1ccc(/C=C(\C#N)C(=O)Nc2ccc(OC)cc2)cc1. The third kappa shape index (κ3) is 4.69. The van der Waals surface area contributed by atoms with Gasteiger partial charge in [-0.1, -0.05) is 12.1 Å². The number of anilines is 1. The van der Waals surface area contributed by atoms with Gasteiger partial charge in [-0.15, -0.1) is 0 Å². The van der Waals surface area contributed by atoms with Crippen LogP contribution < -0.4 is 15.4 Å². The average molecular weight is 335 g/mol. The molecule has 0 heterocycles. The highest BCUT2D eigenvalue weighted by molar-refractivity contribution is 6.09. The lowest BCUT2D eigenvalue weighted by Gasteiger charge is -2.06. The average Bonchev–Trinajstić information content (AvgIpc) is 2.66. The maximum absolute atomic E-state index is 12.2. The Morgan fingerprint density at radius 1 is 1.08 bits per heavy atom. The van der Waals surface area contributed by atoms with Gasteiger partial charge in [0.25, 0.3) is 11.8 Å². The summed E-state index contributed by atoms with van der Waals surface area (Å²) in [6.45, 7) is 0. The molecule has 0 atom stereocenters. The molecule has 2 N–H and O–H groups in total. The second-order valence-electron chi connectivity index (χ2n) is 5.05. The van der Waals surface area contributed by atoms with E-state index in [9.17, 15) is 14.9 Å². The Kier molecular flexibility index (Phi) is 5.91. The molecule has 2 rings (SSSR count). The molecule has 0 aromatic heterocycles. The van der Waals surface area contributed by atoms with E-state index in [1.165, 1.54) is 6.08 Å². The van der Waals surface area contributed by atoms with Crippen molar-refractivity contribution >= 4 is 23.6 Å². The summed E-state index contributed by atoms with van der Waals surface area (Å²) >= 11 is 0. The van der Waals surface area contributed by atoms with Crippen LogP contribution in [0.1, 0.15) is 15.9 Å². The minimum Gasteiger partial charge on any atom is -0.497 e. The van der Waals surface area contributed by atoms with E-state index in [2.05, 4.69) is 10.6 Å². The number of rotatable bonds is 5. The summed E-state index contributed by atoms with van der Waals surface area (Å²) in [6, 6.07) is 15.3. The van der Waals surface area contributed by atoms with E-state index in [1.54, 1.807) is 62.7 Å². The number of nitrogens with zero attached hydrogens (tertiary/aromatic N) is 1. The van der Waals surface area contributed by atoms with Crippen LogP contribution in [0.15, 0.2) is 54.1 Å². The number of carbonyl (C=O) groups is 2. The van der Waals surface area contributed by atoms with Crippen molar-refractivity contribution < 1.29 is 14.3 Å². The molecule has 2 amide bonds. The maximum Gasteiger partial charge on any atom is 0.266 e.